The molecule has 0 radical (unpaired) electrons. The molecule has 1 unspecified atom stereocenters. The lowest BCUT2D eigenvalue weighted by atomic mass is 10.0. The second-order valence-electron chi connectivity index (χ2n) is 9.56. The minimum Gasteiger partial charge on any atom is -0.492 e. The number of unbranched alkanes of at least 4 members (excludes halogenated alkanes) is 1. The minimum absolute atomic E-state index is 0.200. The van der Waals surface area contributed by atoms with Crippen LogP contribution in [0.3, 0.4) is 0 Å². The number of amidine groups is 1. The van der Waals surface area contributed by atoms with E-state index in [2.05, 4.69) is 23.7 Å². The molecule has 0 bridgehead atoms. The predicted molar refractivity (Wildman–Crippen MR) is 152 cm³/mol. The predicted octanol–water partition coefficient (Wildman–Crippen LogP) is 7.07. The van der Waals surface area contributed by atoms with Gasteiger partial charge in [0.15, 0.2) is 5.17 Å². The summed E-state index contributed by atoms with van der Waals surface area (Å²) < 4.78 is 7.67. The van der Waals surface area contributed by atoms with E-state index in [1.807, 2.05) is 65.5 Å². The molecule has 37 heavy (non-hydrogen) atoms. The van der Waals surface area contributed by atoms with E-state index in [0.29, 0.717) is 28.2 Å². The van der Waals surface area contributed by atoms with Gasteiger partial charge >= 0.3 is 0 Å². The molecule has 2 aliphatic rings. The highest BCUT2D eigenvalue weighted by Crippen LogP contribution is 2.36. The van der Waals surface area contributed by atoms with Crippen LogP contribution in [0.2, 0.25) is 5.02 Å². The van der Waals surface area contributed by atoms with Crippen LogP contribution in [0.5, 0.6) is 5.75 Å². The monoisotopic (exact) mass is 534 g/mol. The molecule has 0 aliphatic carbocycles. The third kappa shape index (κ3) is 5.94. The van der Waals surface area contributed by atoms with Gasteiger partial charge in [0.25, 0.3) is 5.91 Å². The van der Waals surface area contributed by atoms with Gasteiger partial charge in [0, 0.05) is 30.4 Å². The van der Waals surface area contributed by atoms with Crippen molar-refractivity contribution in [3.05, 3.63) is 70.2 Å². The number of carbonyl (C=O) groups excluding carboxylic acids is 1. The fourth-order valence-corrected chi connectivity index (χ4v) is 5.73. The summed E-state index contributed by atoms with van der Waals surface area (Å²) in [5.74, 6) is 1.07. The fourth-order valence-electron chi connectivity index (χ4n) is 4.56. The number of likely N-dealkylation sites (tertiary alicyclic amines) is 1. The van der Waals surface area contributed by atoms with Crippen LogP contribution >= 0.6 is 23.4 Å². The van der Waals surface area contributed by atoms with E-state index in [4.69, 9.17) is 21.4 Å². The van der Waals surface area contributed by atoms with Crippen molar-refractivity contribution >= 4 is 40.5 Å². The van der Waals surface area contributed by atoms with Crippen LogP contribution in [0.15, 0.2) is 64.6 Å². The number of para-hydroxylation sites is 1. The van der Waals surface area contributed by atoms with Gasteiger partial charge in [-0.05, 0) is 73.4 Å². The number of halogens is 1. The molecular formula is C29H31ClN4O2S. The number of thioether (sulfide) groups is 1. The zero-order valence-corrected chi connectivity index (χ0v) is 22.8. The van der Waals surface area contributed by atoms with Crippen molar-refractivity contribution in [1.29, 1.82) is 0 Å². The molecule has 0 spiro atoms. The Morgan fingerprint density at radius 1 is 1.22 bits per heavy atom. The quantitative estimate of drug-likeness (QED) is 0.239. The molecule has 1 saturated heterocycles. The first-order valence-electron chi connectivity index (χ1n) is 12.9. The van der Waals surface area contributed by atoms with Crippen LogP contribution in [-0.2, 0) is 4.79 Å². The average Bonchev–Trinajstić information content (AvgIpc) is 3.49. The smallest absolute Gasteiger partial charge is 0.286 e. The van der Waals surface area contributed by atoms with Crippen molar-refractivity contribution in [3.63, 3.8) is 0 Å². The van der Waals surface area contributed by atoms with E-state index in [1.165, 1.54) is 18.2 Å². The number of piperidine rings is 1. The highest BCUT2D eigenvalue weighted by atomic mass is 35.5. The Labute approximate surface area is 227 Å². The molecule has 192 valence electrons. The first kappa shape index (κ1) is 25.6. The van der Waals surface area contributed by atoms with Crippen molar-refractivity contribution in [2.45, 2.75) is 39.5 Å². The maximum atomic E-state index is 12.9. The molecule has 6 nitrogen and oxygen atoms in total. The lowest BCUT2D eigenvalue weighted by Gasteiger charge is -2.31. The normalized spacial score (nSPS) is 18.9. The molecule has 0 saturated carbocycles. The number of rotatable bonds is 7. The number of ether oxygens (including phenoxy) is 1. The fraction of sp³-hybridized carbons (Fsp3) is 0.345. The van der Waals surface area contributed by atoms with Crippen LogP contribution in [0.4, 0.5) is 0 Å². The van der Waals surface area contributed by atoms with Gasteiger partial charge in [0.2, 0.25) is 0 Å². The number of carbonyl (C=O) groups is 1. The summed E-state index contributed by atoms with van der Waals surface area (Å²) in [5, 5.41) is 6.23. The van der Waals surface area contributed by atoms with Crippen molar-refractivity contribution in [2.75, 3.05) is 19.7 Å². The maximum absolute atomic E-state index is 12.9. The second-order valence-corrected chi connectivity index (χ2v) is 11.0. The summed E-state index contributed by atoms with van der Waals surface area (Å²) in [7, 11) is 0. The topological polar surface area (TPSA) is 59.7 Å². The number of amides is 1. The van der Waals surface area contributed by atoms with Crippen molar-refractivity contribution in [1.82, 2.24) is 14.7 Å². The Morgan fingerprint density at radius 3 is 2.81 bits per heavy atom. The zero-order chi connectivity index (χ0) is 25.8. The molecule has 1 aromatic heterocycles. The van der Waals surface area contributed by atoms with Crippen LogP contribution in [0, 0.1) is 5.92 Å². The Balaban J connectivity index is 1.47. The maximum Gasteiger partial charge on any atom is 0.286 e. The van der Waals surface area contributed by atoms with Gasteiger partial charge < -0.3 is 9.64 Å². The van der Waals surface area contributed by atoms with E-state index in [9.17, 15) is 4.79 Å². The largest absolute Gasteiger partial charge is 0.492 e. The van der Waals surface area contributed by atoms with Gasteiger partial charge in [-0.3, -0.25) is 4.79 Å². The van der Waals surface area contributed by atoms with Gasteiger partial charge in [-0.25, -0.2) is 4.68 Å². The highest BCUT2D eigenvalue weighted by Gasteiger charge is 2.29. The van der Waals surface area contributed by atoms with E-state index in [1.54, 1.807) is 0 Å². The van der Waals surface area contributed by atoms with Gasteiger partial charge in [-0.15, -0.1) is 0 Å². The molecule has 1 fully saturated rings. The van der Waals surface area contributed by atoms with Crippen molar-refractivity contribution < 1.29 is 9.53 Å². The van der Waals surface area contributed by atoms with Gasteiger partial charge in [-0.1, -0.05) is 50.1 Å². The summed E-state index contributed by atoms with van der Waals surface area (Å²) >= 11 is 8.04. The first-order chi connectivity index (χ1) is 18.0. The number of hydrogen-bond acceptors (Lipinski definition) is 5. The molecular weight excluding hydrogens is 504 g/mol. The number of aliphatic imine (C=N–C) groups is 1. The van der Waals surface area contributed by atoms with Crippen LogP contribution in [0.1, 0.15) is 45.1 Å². The van der Waals surface area contributed by atoms with E-state index in [0.717, 1.165) is 60.0 Å². The molecule has 1 amide bonds. The number of nitrogens with zero attached hydrogens (tertiary/aromatic N) is 4. The average molecular weight is 535 g/mol. The summed E-state index contributed by atoms with van der Waals surface area (Å²) in [5.41, 5.74) is 3.37. The van der Waals surface area contributed by atoms with Gasteiger partial charge in [0.1, 0.15) is 11.4 Å². The Kier molecular flexibility index (Phi) is 8.01. The van der Waals surface area contributed by atoms with E-state index >= 15 is 0 Å². The molecule has 2 aliphatic heterocycles. The Bertz CT molecular complexity index is 1330. The van der Waals surface area contributed by atoms with Crippen molar-refractivity contribution in [2.24, 2.45) is 10.9 Å². The number of benzene rings is 2. The molecule has 5 rings (SSSR count). The standard InChI is InChI=1S/C29H31ClN4O2S/c1-3-4-15-36-25-13-12-21(16-24(25)30)27-22(19-34(32-27)23-10-6-5-7-11-23)17-26-28(35)31-29(37-26)33-14-8-9-20(2)18-33/h5-7,10-13,16-17,19-20H,3-4,8-9,14-15,18H2,1-2H3. The number of hydrogen-bond donors (Lipinski definition) is 0. The second kappa shape index (κ2) is 11.6. The summed E-state index contributed by atoms with van der Waals surface area (Å²) in [6.45, 7) is 6.89. The first-order valence-corrected chi connectivity index (χ1v) is 14.1. The SMILES string of the molecule is CCCCOc1ccc(-c2nn(-c3ccccc3)cc2C=C2SC(N3CCCC(C)C3)=NC2=O)cc1Cl. The molecule has 3 heterocycles. The highest BCUT2D eigenvalue weighted by molar-refractivity contribution is 8.18. The molecule has 3 aromatic rings. The van der Waals surface area contributed by atoms with Crippen molar-refractivity contribution in [3.8, 4) is 22.7 Å². The number of aromatic nitrogens is 2. The van der Waals surface area contributed by atoms with Crippen LogP contribution in [-0.4, -0.2) is 45.5 Å². The summed E-state index contributed by atoms with van der Waals surface area (Å²) in [4.78, 5) is 20.1. The molecule has 0 N–H and O–H groups in total. The summed E-state index contributed by atoms with van der Waals surface area (Å²) in [6, 6.07) is 15.7. The van der Waals surface area contributed by atoms with E-state index < -0.39 is 0 Å². The molecule has 2 aromatic carbocycles. The third-order valence-corrected chi connectivity index (χ3v) is 7.89. The zero-order valence-electron chi connectivity index (χ0n) is 21.2. The minimum atomic E-state index is -0.200. The lowest BCUT2D eigenvalue weighted by Crippen LogP contribution is -2.37. The summed E-state index contributed by atoms with van der Waals surface area (Å²) in [6.07, 6.45) is 8.23. The lowest BCUT2D eigenvalue weighted by molar-refractivity contribution is -0.113. The molecule has 8 heteroatoms. The third-order valence-electron chi connectivity index (χ3n) is 6.55. The van der Waals surface area contributed by atoms with Crippen LogP contribution < -0.4 is 4.74 Å². The van der Waals surface area contributed by atoms with E-state index in [-0.39, 0.29) is 5.91 Å². The van der Waals surface area contributed by atoms with Crippen LogP contribution in [0.25, 0.3) is 23.0 Å². The molecule has 1 atom stereocenters. The Hall–Kier alpha value is -3.03. The van der Waals surface area contributed by atoms with Gasteiger partial charge in [0.05, 0.1) is 22.2 Å². The van der Waals surface area contributed by atoms with Gasteiger partial charge in [-0.2, -0.15) is 10.1 Å². The Morgan fingerprint density at radius 2 is 2.05 bits per heavy atom.